The standard InChI is InChI=1S/C26H27N3O4.ClH/c1-2-33-26(32)20-15-23(24(30)18-6-4-3-5-7-18)29-13-10-19(14-22(20)29)25(31)27-21-16-28-11-8-17(21)9-12-28;/h3-7,10,13-15,17,21H,2,8-9,11-12,16H2,1H3,(H,27,31);1H/t21-;/m0./s1. The van der Waals surface area contributed by atoms with Crippen molar-refractivity contribution in [2.45, 2.75) is 25.8 Å². The van der Waals surface area contributed by atoms with Crippen LogP contribution in [0.3, 0.4) is 0 Å². The Labute approximate surface area is 204 Å². The van der Waals surface area contributed by atoms with Gasteiger partial charge in [-0.2, -0.15) is 0 Å². The molecule has 178 valence electrons. The molecule has 6 rings (SSSR count). The molecule has 0 saturated carbocycles. The van der Waals surface area contributed by atoms with Crippen molar-refractivity contribution in [3.05, 3.63) is 77.1 Å². The van der Waals surface area contributed by atoms with E-state index in [9.17, 15) is 14.4 Å². The van der Waals surface area contributed by atoms with Gasteiger partial charge in [0.1, 0.15) is 0 Å². The SMILES string of the molecule is CCOC(=O)c1cc(C(=O)c2ccccc2)n2ccc(C(=O)N[C@H]3CN4CCC3CC4)cc12.Cl. The number of pyridine rings is 1. The number of fused-ring (bicyclic) bond motifs is 4. The van der Waals surface area contributed by atoms with Gasteiger partial charge in [-0.3, -0.25) is 9.59 Å². The second-order valence-corrected chi connectivity index (χ2v) is 8.75. The molecule has 34 heavy (non-hydrogen) atoms. The van der Waals surface area contributed by atoms with Gasteiger partial charge in [-0.1, -0.05) is 30.3 Å². The van der Waals surface area contributed by atoms with E-state index >= 15 is 0 Å². The van der Waals surface area contributed by atoms with E-state index in [2.05, 4.69) is 10.2 Å². The normalized spacial score (nSPS) is 21.0. The van der Waals surface area contributed by atoms with Crippen LogP contribution in [0.15, 0.2) is 54.7 Å². The molecule has 8 heteroatoms. The highest BCUT2D eigenvalue weighted by Gasteiger charge is 2.35. The van der Waals surface area contributed by atoms with E-state index in [0.29, 0.717) is 28.3 Å². The Bertz CT molecular complexity index is 1220. The van der Waals surface area contributed by atoms with Crippen LogP contribution in [0.25, 0.3) is 5.52 Å². The van der Waals surface area contributed by atoms with Crippen molar-refractivity contribution in [1.82, 2.24) is 14.6 Å². The maximum atomic E-state index is 13.2. The van der Waals surface area contributed by atoms with Crippen LogP contribution in [0.1, 0.15) is 56.5 Å². The molecule has 2 bridgehead atoms. The van der Waals surface area contributed by atoms with Crippen molar-refractivity contribution in [3.8, 4) is 0 Å². The van der Waals surface area contributed by atoms with Gasteiger partial charge in [-0.25, -0.2) is 4.79 Å². The summed E-state index contributed by atoms with van der Waals surface area (Å²) < 4.78 is 6.88. The van der Waals surface area contributed by atoms with Gasteiger partial charge in [0.05, 0.1) is 23.4 Å². The molecule has 1 atom stereocenters. The summed E-state index contributed by atoms with van der Waals surface area (Å²) >= 11 is 0. The third-order valence-electron chi connectivity index (χ3n) is 6.77. The number of carbonyl (C=O) groups excluding carboxylic acids is 3. The Morgan fingerprint density at radius 1 is 1.03 bits per heavy atom. The molecule has 3 aliphatic rings. The number of halogens is 1. The van der Waals surface area contributed by atoms with Gasteiger partial charge in [-0.15, -0.1) is 12.4 Å². The fourth-order valence-electron chi connectivity index (χ4n) is 5.00. The minimum Gasteiger partial charge on any atom is -0.462 e. The molecular weight excluding hydrogens is 454 g/mol. The summed E-state index contributed by atoms with van der Waals surface area (Å²) in [7, 11) is 0. The minimum atomic E-state index is -0.517. The van der Waals surface area contributed by atoms with Crippen LogP contribution in [-0.4, -0.2) is 59.2 Å². The summed E-state index contributed by atoms with van der Waals surface area (Å²) in [5.41, 5.74) is 2.09. The van der Waals surface area contributed by atoms with Gasteiger partial charge in [0.25, 0.3) is 5.91 Å². The zero-order valence-electron chi connectivity index (χ0n) is 19.0. The first-order valence-electron chi connectivity index (χ1n) is 11.5. The first-order chi connectivity index (χ1) is 16.0. The smallest absolute Gasteiger partial charge is 0.340 e. The van der Waals surface area contributed by atoms with Gasteiger partial charge in [0.2, 0.25) is 5.78 Å². The average Bonchev–Trinajstić information content (AvgIpc) is 3.24. The minimum absolute atomic E-state index is 0. The molecule has 5 heterocycles. The van der Waals surface area contributed by atoms with E-state index in [4.69, 9.17) is 4.74 Å². The lowest BCUT2D eigenvalue weighted by Crippen LogP contribution is -2.57. The maximum Gasteiger partial charge on any atom is 0.340 e. The molecule has 2 aromatic heterocycles. The van der Waals surface area contributed by atoms with Crippen molar-refractivity contribution in [1.29, 1.82) is 0 Å². The van der Waals surface area contributed by atoms with Crippen LogP contribution in [0.5, 0.6) is 0 Å². The topological polar surface area (TPSA) is 80.1 Å². The number of rotatable bonds is 6. The van der Waals surface area contributed by atoms with Crippen LogP contribution < -0.4 is 5.32 Å². The highest BCUT2D eigenvalue weighted by molar-refractivity contribution is 6.11. The monoisotopic (exact) mass is 481 g/mol. The number of piperidine rings is 3. The van der Waals surface area contributed by atoms with Crippen LogP contribution in [0, 0.1) is 5.92 Å². The summed E-state index contributed by atoms with van der Waals surface area (Å²) in [4.78, 5) is 41.3. The van der Waals surface area contributed by atoms with E-state index in [1.807, 2.05) is 6.07 Å². The molecule has 3 aliphatic heterocycles. The summed E-state index contributed by atoms with van der Waals surface area (Å²) in [6.07, 6.45) is 3.90. The van der Waals surface area contributed by atoms with Crippen LogP contribution >= 0.6 is 12.4 Å². The summed E-state index contributed by atoms with van der Waals surface area (Å²) in [6, 6.07) is 14.0. The number of amides is 1. The van der Waals surface area contributed by atoms with E-state index in [-0.39, 0.29) is 42.3 Å². The largest absolute Gasteiger partial charge is 0.462 e. The van der Waals surface area contributed by atoms with Crippen molar-refractivity contribution in [3.63, 3.8) is 0 Å². The molecule has 0 unspecified atom stereocenters. The lowest BCUT2D eigenvalue weighted by Gasteiger charge is -2.44. The van der Waals surface area contributed by atoms with Crippen LogP contribution in [-0.2, 0) is 4.74 Å². The Morgan fingerprint density at radius 2 is 1.76 bits per heavy atom. The van der Waals surface area contributed by atoms with Gasteiger partial charge >= 0.3 is 5.97 Å². The zero-order chi connectivity index (χ0) is 22.9. The molecule has 0 spiro atoms. The molecule has 0 aliphatic carbocycles. The van der Waals surface area contributed by atoms with Crippen LogP contribution in [0.2, 0.25) is 0 Å². The van der Waals surface area contributed by atoms with Crippen molar-refractivity contribution >= 4 is 35.6 Å². The van der Waals surface area contributed by atoms with Gasteiger partial charge in [0, 0.05) is 29.9 Å². The van der Waals surface area contributed by atoms with Gasteiger partial charge in [0.15, 0.2) is 0 Å². The quantitative estimate of drug-likeness (QED) is 0.430. The van der Waals surface area contributed by atoms with E-state index in [1.54, 1.807) is 60.0 Å². The second kappa shape index (κ2) is 9.99. The Morgan fingerprint density at radius 3 is 2.41 bits per heavy atom. The Hall–Kier alpha value is -3.16. The lowest BCUT2D eigenvalue weighted by atomic mass is 9.84. The van der Waals surface area contributed by atoms with E-state index in [1.165, 1.54) is 0 Å². The molecule has 3 aromatic rings. The van der Waals surface area contributed by atoms with Crippen molar-refractivity contribution in [2.24, 2.45) is 5.92 Å². The molecule has 0 radical (unpaired) electrons. The third kappa shape index (κ3) is 4.45. The molecular formula is C26H28ClN3O4. The first-order valence-corrected chi connectivity index (χ1v) is 11.5. The Balaban J connectivity index is 0.00000274. The summed E-state index contributed by atoms with van der Waals surface area (Å²) in [5, 5.41) is 3.19. The number of nitrogens with zero attached hydrogens (tertiary/aromatic N) is 2. The number of aromatic nitrogens is 1. The number of esters is 1. The number of carbonyl (C=O) groups is 3. The number of ketones is 1. The van der Waals surface area contributed by atoms with Crippen LogP contribution in [0.4, 0.5) is 0 Å². The molecule has 7 nitrogen and oxygen atoms in total. The predicted octanol–water partition coefficient (Wildman–Crippen LogP) is 3.59. The second-order valence-electron chi connectivity index (χ2n) is 8.75. The first kappa shape index (κ1) is 24.0. The number of hydrogen-bond acceptors (Lipinski definition) is 5. The predicted molar refractivity (Wildman–Crippen MR) is 131 cm³/mol. The van der Waals surface area contributed by atoms with Gasteiger partial charge in [-0.05, 0) is 57.0 Å². The summed E-state index contributed by atoms with van der Waals surface area (Å²) in [6.45, 7) is 5.05. The molecule has 3 fully saturated rings. The highest BCUT2D eigenvalue weighted by atomic mass is 35.5. The number of ether oxygens (including phenoxy) is 1. The lowest BCUT2D eigenvalue weighted by molar-refractivity contribution is 0.0528. The van der Waals surface area contributed by atoms with Crippen molar-refractivity contribution in [2.75, 3.05) is 26.2 Å². The molecule has 1 aromatic carbocycles. The zero-order valence-corrected chi connectivity index (χ0v) is 19.8. The molecule has 3 saturated heterocycles. The van der Waals surface area contributed by atoms with E-state index < -0.39 is 5.97 Å². The number of benzene rings is 1. The third-order valence-corrected chi connectivity index (χ3v) is 6.77. The summed E-state index contributed by atoms with van der Waals surface area (Å²) in [5.74, 6) is -0.368. The molecule has 1 amide bonds. The highest BCUT2D eigenvalue weighted by Crippen LogP contribution is 2.28. The van der Waals surface area contributed by atoms with Gasteiger partial charge < -0.3 is 19.4 Å². The maximum absolute atomic E-state index is 13.2. The Kier molecular flexibility index (Phi) is 7.05. The fourth-order valence-corrected chi connectivity index (χ4v) is 5.00. The van der Waals surface area contributed by atoms with Crippen molar-refractivity contribution < 1.29 is 19.1 Å². The van der Waals surface area contributed by atoms with E-state index in [0.717, 1.165) is 32.5 Å². The molecule has 1 N–H and O–H groups in total. The average molecular weight is 482 g/mol. The fraction of sp³-hybridized carbons (Fsp3) is 0.346. The number of hydrogen-bond donors (Lipinski definition) is 1. The number of nitrogens with one attached hydrogen (secondary N) is 1.